The van der Waals surface area contributed by atoms with Crippen molar-refractivity contribution in [2.75, 3.05) is 0 Å². The molecule has 0 aliphatic rings. The molecule has 2 unspecified atom stereocenters. The third kappa shape index (κ3) is 6.62. The van der Waals surface area contributed by atoms with Gasteiger partial charge in [-0.05, 0) is 55.2 Å². The molecular weight excluding hydrogens is 304 g/mol. The lowest BCUT2D eigenvalue weighted by molar-refractivity contribution is 0.352. The van der Waals surface area contributed by atoms with E-state index in [0.29, 0.717) is 17.9 Å². The van der Waals surface area contributed by atoms with E-state index in [-0.39, 0.29) is 0 Å². The van der Waals surface area contributed by atoms with Crippen molar-refractivity contribution >= 4 is 0 Å². The highest BCUT2D eigenvalue weighted by Crippen LogP contribution is 2.28. The Balaban J connectivity index is 1.93. The summed E-state index contributed by atoms with van der Waals surface area (Å²) in [6.45, 7) is 10.0. The maximum Gasteiger partial charge on any atom is 0.0312 e. The van der Waals surface area contributed by atoms with Crippen LogP contribution in [0.2, 0.25) is 0 Å². The van der Waals surface area contributed by atoms with Crippen LogP contribution in [0, 0.1) is 12.8 Å². The van der Waals surface area contributed by atoms with Crippen LogP contribution in [0.15, 0.2) is 48.8 Å². The number of benzene rings is 1. The van der Waals surface area contributed by atoms with Crippen LogP contribution in [0.5, 0.6) is 0 Å². The van der Waals surface area contributed by atoms with Gasteiger partial charge in [0.2, 0.25) is 0 Å². The zero-order chi connectivity index (χ0) is 18.1. The summed E-state index contributed by atoms with van der Waals surface area (Å²) < 4.78 is 0. The molecule has 0 aliphatic heterocycles. The van der Waals surface area contributed by atoms with E-state index in [4.69, 9.17) is 0 Å². The summed E-state index contributed by atoms with van der Waals surface area (Å²) >= 11 is 0. The molecule has 1 aromatic heterocycles. The molecule has 25 heavy (non-hydrogen) atoms. The Hall–Kier alpha value is -1.67. The van der Waals surface area contributed by atoms with E-state index in [2.05, 4.69) is 68.3 Å². The lowest BCUT2D eigenvalue weighted by atomic mass is 9.86. The van der Waals surface area contributed by atoms with E-state index in [1.165, 1.54) is 42.4 Å². The number of hydrogen-bond acceptors (Lipinski definition) is 2. The molecule has 0 spiro atoms. The highest BCUT2D eigenvalue weighted by atomic mass is 14.9. The van der Waals surface area contributed by atoms with Gasteiger partial charge in [-0.3, -0.25) is 4.98 Å². The summed E-state index contributed by atoms with van der Waals surface area (Å²) in [6, 6.07) is 13.8. The monoisotopic (exact) mass is 338 g/mol. The van der Waals surface area contributed by atoms with E-state index < -0.39 is 0 Å². The molecular formula is C23H34N2. The number of aryl methyl sites for hydroxylation is 1. The third-order valence-corrected chi connectivity index (χ3v) is 5.11. The van der Waals surface area contributed by atoms with Crippen molar-refractivity contribution in [2.45, 2.75) is 71.9 Å². The molecule has 1 heterocycles. The second-order valence-corrected chi connectivity index (χ2v) is 7.57. The maximum atomic E-state index is 4.21. The normalized spacial score (nSPS) is 13.8. The minimum atomic E-state index is 0.546. The van der Waals surface area contributed by atoms with Gasteiger partial charge in [-0.2, -0.15) is 0 Å². The number of pyridine rings is 1. The molecule has 0 saturated carbocycles. The molecule has 2 rings (SSSR count). The van der Waals surface area contributed by atoms with Crippen molar-refractivity contribution in [3.63, 3.8) is 0 Å². The molecule has 1 N–H and O–H groups in total. The SMILES string of the molecule is CCCC(CCC(NCc1cccnc1)C(C)C)c1ccc(C)cc1. The lowest BCUT2D eigenvalue weighted by Gasteiger charge is -2.25. The minimum Gasteiger partial charge on any atom is -0.310 e. The first-order valence-electron chi connectivity index (χ1n) is 9.79. The topological polar surface area (TPSA) is 24.9 Å². The number of aromatic nitrogens is 1. The summed E-state index contributed by atoms with van der Waals surface area (Å²) in [5.74, 6) is 1.31. The van der Waals surface area contributed by atoms with Gasteiger partial charge >= 0.3 is 0 Å². The Morgan fingerprint density at radius 3 is 2.36 bits per heavy atom. The van der Waals surface area contributed by atoms with Gasteiger partial charge in [-0.1, -0.05) is 63.1 Å². The molecule has 1 aromatic carbocycles. The summed E-state index contributed by atoms with van der Waals surface area (Å²) in [5.41, 5.74) is 4.11. The predicted molar refractivity (Wildman–Crippen MR) is 108 cm³/mol. The highest BCUT2D eigenvalue weighted by molar-refractivity contribution is 5.24. The van der Waals surface area contributed by atoms with Crippen molar-refractivity contribution in [3.8, 4) is 0 Å². The molecule has 0 saturated heterocycles. The van der Waals surface area contributed by atoms with Gasteiger partial charge < -0.3 is 5.32 Å². The van der Waals surface area contributed by atoms with Crippen LogP contribution in [0.1, 0.15) is 69.1 Å². The molecule has 136 valence electrons. The van der Waals surface area contributed by atoms with Crippen molar-refractivity contribution < 1.29 is 0 Å². The van der Waals surface area contributed by atoms with E-state index in [1.807, 2.05) is 18.5 Å². The predicted octanol–water partition coefficient (Wildman–Crippen LogP) is 5.87. The molecule has 0 radical (unpaired) electrons. The van der Waals surface area contributed by atoms with Crippen LogP contribution in [0.25, 0.3) is 0 Å². The molecule has 2 heteroatoms. The van der Waals surface area contributed by atoms with E-state index >= 15 is 0 Å². The van der Waals surface area contributed by atoms with Gasteiger partial charge in [0.25, 0.3) is 0 Å². The molecule has 0 amide bonds. The van der Waals surface area contributed by atoms with Crippen molar-refractivity contribution in [3.05, 3.63) is 65.5 Å². The summed E-state index contributed by atoms with van der Waals surface area (Å²) in [6.07, 6.45) is 8.78. The first-order valence-corrected chi connectivity index (χ1v) is 9.79. The zero-order valence-corrected chi connectivity index (χ0v) is 16.3. The highest BCUT2D eigenvalue weighted by Gasteiger charge is 2.17. The number of rotatable bonds is 10. The molecule has 0 fully saturated rings. The fourth-order valence-corrected chi connectivity index (χ4v) is 3.47. The smallest absolute Gasteiger partial charge is 0.0312 e. The van der Waals surface area contributed by atoms with Crippen LogP contribution in [-0.2, 0) is 6.54 Å². The van der Waals surface area contributed by atoms with Gasteiger partial charge in [-0.25, -0.2) is 0 Å². The second-order valence-electron chi connectivity index (χ2n) is 7.57. The summed E-state index contributed by atoms with van der Waals surface area (Å²) in [5, 5.41) is 3.75. The Kier molecular flexibility index (Phi) is 8.14. The molecule has 0 aliphatic carbocycles. The second kappa shape index (κ2) is 10.4. The van der Waals surface area contributed by atoms with Crippen molar-refractivity contribution in [1.82, 2.24) is 10.3 Å². The Bertz CT molecular complexity index is 589. The Labute approximate surface area is 154 Å². The average Bonchev–Trinajstić information content (AvgIpc) is 2.62. The van der Waals surface area contributed by atoms with Crippen molar-refractivity contribution in [2.24, 2.45) is 5.92 Å². The van der Waals surface area contributed by atoms with Gasteiger partial charge in [0, 0.05) is 25.0 Å². The zero-order valence-electron chi connectivity index (χ0n) is 16.3. The maximum absolute atomic E-state index is 4.21. The lowest BCUT2D eigenvalue weighted by Crippen LogP contribution is -2.33. The molecule has 2 aromatic rings. The summed E-state index contributed by atoms with van der Waals surface area (Å²) in [7, 11) is 0. The van der Waals surface area contributed by atoms with Gasteiger partial charge in [0.05, 0.1) is 0 Å². The van der Waals surface area contributed by atoms with Crippen LogP contribution < -0.4 is 5.32 Å². The van der Waals surface area contributed by atoms with Gasteiger partial charge in [0.1, 0.15) is 0 Å². The average molecular weight is 339 g/mol. The van der Waals surface area contributed by atoms with E-state index in [0.717, 1.165) is 6.54 Å². The Morgan fingerprint density at radius 1 is 1.00 bits per heavy atom. The quantitative estimate of drug-likeness (QED) is 0.586. The van der Waals surface area contributed by atoms with Crippen LogP contribution in [-0.4, -0.2) is 11.0 Å². The third-order valence-electron chi connectivity index (χ3n) is 5.11. The summed E-state index contributed by atoms with van der Waals surface area (Å²) in [4.78, 5) is 4.21. The minimum absolute atomic E-state index is 0.546. The largest absolute Gasteiger partial charge is 0.310 e. The van der Waals surface area contributed by atoms with Crippen LogP contribution >= 0.6 is 0 Å². The van der Waals surface area contributed by atoms with Crippen LogP contribution in [0.4, 0.5) is 0 Å². The first kappa shape index (κ1) is 19.7. The first-order chi connectivity index (χ1) is 12.1. The number of hydrogen-bond donors (Lipinski definition) is 1. The Morgan fingerprint density at radius 2 is 1.76 bits per heavy atom. The van der Waals surface area contributed by atoms with E-state index in [9.17, 15) is 0 Å². The van der Waals surface area contributed by atoms with Gasteiger partial charge in [0.15, 0.2) is 0 Å². The number of nitrogens with one attached hydrogen (secondary N) is 1. The standard InChI is InChI=1S/C23H34N2/c1-5-7-21(22-11-9-19(4)10-12-22)13-14-23(18(2)3)25-17-20-8-6-15-24-16-20/h6,8-12,15-16,18,21,23,25H,5,7,13-14,17H2,1-4H3. The van der Waals surface area contributed by atoms with Crippen molar-refractivity contribution in [1.29, 1.82) is 0 Å². The molecule has 0 bridgehead atoms. The van der Waals surface area contributed by atoms with Crippen LogP contribution in [0.3, 0.4) is 0 Å². The molecule has 2 nitrogen and oxygen atoms in total. The fourth-order valence-electron chi connectivity index (χ4n) is 3.47. The number of nitrogens with zero attached hydrogens (tertiary/aromatic N) is 1. The van der Waals surface area contributed by atoms with E-state index in [1.54, 1.807) is 0 Å². The van der Waals surface area contributed by atoms with Gasteiger partial charge in [-0.15, -0.1) is 0 Å². The molecule has 2 atom stereocenters. The fraction of sp³-hybridized carbons (Fsp3) is 0.522.